The van der Waals surface area contributed by atoms with Crippen molar-refractivity contribution in [3.8, 4) is 0 Å². The van der Waals surface area contributed by atoms with Crippen LogP contribution in [-0.2, 0) is 0 Å². The van der Waals surface area contributed by atoms with Crippen LogP contribution in [0.3, 0.4) is 0 Å². The maximum atomic E-state index is 5.74. The third-order valence-corrected chi connectivity index (χ3v) is 2.87. The van der Waals surface area contributed by atoms with Crippen molar-refractivity contribution in [3.05, 3.63) is 18.0 Å². The molecule has 0 aromatic carbocycles. The largest absolute Gasteiger partial charge is 0.348 e. The van der Waals surface area contributed by atoms with E-state index in [4.69, 9.17) is 5.73 Å². The van der Waals surface area contributed by atoms with Crippen molar-refractivity contribution in [1.82, 2.24) is 9.97 Å². The topological polar surface area (TPSA) is 63.8 Å². The molecule has 0 aliphatic heterocycles. The molecule has 14 heavy (non-hydrogen) atoms. The Hall–Kier alpha value is -1.16. The molecule has 2 rings (SSSR count). The Balaban J connectivity index is 2.09. The van der Waals surface area contributed by atoms with E-state index in [9.17, 15) is 0 Å². The molecule has 4 nitrogen and oxygen atoms in total. The molecule has 1 aromatic heterocycles. The van der Waals surface area contributed by atoms with Gasteiger partial charge < -0.3 is 11.1 Å². The van der Waals surface area contributed by atoms with Crippen molar-refractivity contribution >= 4 is 5.95 Å². The van der Waals surface area contributed by atoms with Crippen LogP contribution in [-0.4, -0.2) is 22.1 Å². The number of hydrogen-bond donors (Lipinski definition) is 2. The van der Waals surface area contributed by atoms with Crippen molar-refractivity contribution in [2.75, 3.05) is 11.9 Å². The highest BCUT2D eigenvalue weighted by molar-refractivity contribution is 5.31. The summed E-state index contributed by atoms with van der Waals surface area (Å²) in [5, 5.41) is 3.34. The first kappa shape index (κ1) is 9.40. The van der Waals surface area contributed by atoms with E-state index in [1.54, 1.807) is 6.20 Å². The zero-order valence-electron chi connectivity index (χ0n) is 8.45. The fourth-order valence-electron chi connectivity index (χ4n) is 1.73. The highest BCUT2D eigenvalue weighted by Crippen LogP contribution is 2.33. The number of nitrogens with zero attached hydrogens (tertiary/aromatic N) is 2. The van der Waals surface area contributed by atoms with Crippen LogP contribution in [0, 0.1) is 6.92 Å². The van der Waals surface area contributed by atoms with Crippen LogP contribution in [0.2, 0.25) is 0 Å². The summed E-state index contributed by atoms with van der Waals surface area (Å²) in [6.07, 6.45) is 5.27. The maximum absolute atomic E-state index is 5.74. The van der Waals surface area contributed by atoms with Gasteiger partial charge in [-0.1, -0.05) is 0 Å². The van der Waals surface area contributed by atoms with Gasteiger partial charge in [0.05, 0.1) is 5.54 Å². The van der Waals surface area contributed by atoms with Crippen molar-refractivity contribution in [3.63, 3.8) is 0 Å². The number of aryl methyl sites for hydroxylation is 1. The highest BCUT2D eigenvalue weighted by Gasteiger charge is 2.35. The minimum atomic E-state index is 0.0633. The van der Waals surface area contributed by atoms with Crippen LogP contribution in [0.1, 0.15) is 25.0 Å². The number of rotatable bonds is 3. The van der Waals surface area contributed by atoms with Gasteiger partial charge in [0.2, 0.25) is 5.95 Å². The van der Waals surface area contributed by atoms with E-state index in [0.717, 1.165) is 18.5 Å². The monoisotopic (exact) mass is 192 g/mol. The lowest BCUT2D eigenvalue weighted by molar-refractivity contribution is 0.285. The van der Waals surface area contributed by atoms with Gasteiger partial charge in [0.1, 0.15) is 0 Å². The van der Waals surface area contributed by atoms with E-state index in [1.165, 1.54) is 6.42 Å². The molecule has 1 saturated carbocycles. The molecule has 1 heterocycles. The Morgan fingerprint density at radius 1 is 1.57 bits per heavy atom. The third kappa shape index (κ3) is 1.70. The number of nitrogens with two attached hydrogens (primary N) is 1. The lowest BCUT2D eigenvalue weighted by Crippen LogP contribution is -2.51. The smallest absolute Gasteiger partial charge is 0.223 e. The number of anilines is 1. The van der Waals surface area contributed by atoms with Crippen molar-refractivity contribution < 1.29 is 0 Å². The summed E-state index contributed by atoms with van der Waals surface area (Å²) in [6.45, 7) is 2.62. The fourth-order valence-corrected chi connectivity index (χ4v) is 1.73. The van der Waals surface area contributed by atoms with Crippen LogP contribution < -0.4 is 11.1 Å². The molecule has 1 aliphatic rings. The summed E-state index contributed by atoms with van der Waals surface area (Å²) in [5.41, 5.74) is 6.78. The number of hydrogen-bond acceptors (Lipinski definition) is 4. The second-order valence-electron chi connectivity index (χ2n) is 3.98. The molecule has 4 heteroatoms. The van der Waals surface area contributed by atoms with Crippen LogP contribution in [0.25, 0.3) is 0 Å². The minimum absolute atomic E-state index is 0.0633. The summed E-state index contributed by atoms with van der Waals surface area (Å²) in [6, 6.07) is 1.89. The standard InChI is InChI=1S/C10H16N4/c1-8-3-6-12-9(13-8)14-10(7-11)4-2-5-10/h3,6H,2,4-5,7,11H2,1H3,(H,12,13,14). The predicted molar refractivity (Wildman–Crippen MR) is 56.0 cm³/mol. The molecular weight excluding hydrogens is 176 g/mol. The molecule has 0 amide bonds. The lowest BCUT2D eigenvalue weighted by atomic mass is 9.77. The summed E-state index contributed by atoms with van der Waals surface area (Å²) >= 11 is 0. The average Bonchev–Trinajstić information content (AvgIpc) is 2.11. The molecule has 0 bridgehead atoms. The first-order valence-electron chi connectivity index (χ1n) is 5.02. The quantitative estimate of drug-likeness (QED) is 0.752. The minimum Gasteiger partial charge on any atom is -0.348 e. The number of aromatic nitrogens is 2. The molecule has 76 valence electrons. The second-order valence-corrected chi connectivity index (χ2v) is 3.98. The van der Waals surface area contributed by atoms with E-state index in [-0.39, 0.29) is 5.54 Å². The van der Waals surface area contributed by atoms with Crippen LogP contribution >= 0.6 is 0 Å². The molecule has 1 fully saturated rings. The van der Waals surface area contributed by atoms with Gasteiger partial charge in [-0.2, -0.15) is 0 Å². The van der Waals surface area contributed by atoms with E-state index in [2.05, 4.69) is 15.3 Å². The predicted octanol–water partition coefficient (Wildman–Crippen LogP) is 1.08. The SMILES string of the molecule is Cc1ccnc(NC2(CN)CCC2)n1. The van der Waals surface area contributed by atoms with Gasteiger partial charge in [-0.25, -0.2) is 9.97 Å². The Morgan fingerprint density at radius 3 is 2.86 bits per heavy atom. The van der Waals surface area contributed by atoms with Crippen LogP contribution in [0.15, 0.2) is 12.3 Å². The van der Waals surface area contributed by atoms with Gasteiger partial charge in [-0.15, -0.1) is 0 Å². The first-order valence-corrected chi connectivity index (χ1v) is 5.02. The molecule has 1 aliphatic carbocycles. The Bertz CT molecular complexity index is 314. The van der Waals surface area contributed by atoms with Crippen molar-refractivity contribution in [2.24, 2.45) is 5.73 Å². The van der Waals surface area contributed by atoms with Crippen LogP contribution in [0.5, 0.6) is 0 Å². The van der Waals surface area contributed by atoms with E-state index >= 15 is 0 Å². The molecule has 0 spiro atoms. The highest BCUT2D eigenvalue weighted by atomic mass is 15.2. The number of nitrogens with one attached hydrogen (secondary N) is 1. The summed E-state index contributed by atoms with van der Waals surface area (Å²) < 4.78 is 0. The Kier molecular flexibility index (Phi) is 2.37. The molecule has 0 unspecified atom stereocenters. The van der Waals surface area contributed by atoms with Crippen molar-refractivity contribution in [2.45, 2.75) is 31.7 Å². The van der Waals surface area contributed by atoms with Gasteiger partial charge in [0.25, 0.3) is 0 Å². The first-order chi connectivity index (χ1) is 6.74. The summed E-state index contributed by atoms with van der Waals surface area (Å²) in [4.78, 5) is 8.49. The molecule has 1 aromatic rings. The fraction of sp³-hybridized carbons (Fsp3) is 0.600. The van der Waals surface area contributed by atoms with E-state index in [1.807, 2.05) is 13.0 Å². The van der Waals surface area contributed by atoms with Crippen LogP contribution in [0.4, 0.5) is 5.95 Å². The lowest BCUT2D eigenvalue weighted by Gasteiger charge is -2.41. The zero-order valence-corrected chi connectivity index (χ0v) is 8.45. The Labute approximate surface area is 83.9 Å². The van der Waals surface area contributed by atoms with E-state index in [0.29, 0.717) is 12.5 Å². The third-order valence-electron chi connectivity index (χ3n) is 2.87. The van der Waals surface area contributed by atoms with E-state index < -0.39 is 0 Å². The van der Waals surface area contributed by atoms with Gasteiger partial charge in [-0.3, -0.25) is 0 Å². The molecular formula is C10H16N4. The Morgan fingerprint density at radius 2 is 2.36 bits per heavy atom. The molecule has 0 saturated heterocycles. The van der Waals surface area contributed by atoms with Gasteiger partial charge in [0, 0.05) is 18.4 Å². The zero-order chi connectivity index (χ0) is 10.0. The van der Waals surface area contributed by atoms with Crippen molar-refractivity contribution in [1.29, 1.82) is 0 Å². The molecule has 0 radical (unpaired) electrons. The average molecular weight is 192 g/mol. The second kappa shape index (κ2) is 3.53. The normalized spacial score (nSPS) is 18.7. The summed E-state index contributed by atoms with van der Waals surface area (Å²) in [5.74, 6) is 0.704. The van der Waals surface area contributed by atoms with Gasteiger partial charge in [-0.05, 0) is 32.3 Å². The molecule has 0 atom stereocenters. The molecule has 3 N–H and O–H groups in total. The summed E-state index contributed by atoms with van der Waals surface area (Å²) in [7, 11) is 0. The van der Waals surface area contributed by atoms with Gasteiger partial charge >= 0.3 is 0 Å². The maximum Gasteiger partial charge on any atom is 0.223 e. The van der Waals surface area contributed by atoms with Gasteiger partial charge in [0.15, 0.2) is 0 Å².